The Hall–Kier alpha value is -3.89. The zero-order valence-corrected chi connectivity index (χ0v) is 20.9. The Balaban J connectivity index is 1.47. The van der Waals surface area contributed by atoms with Gasteiger partial charge in [0.25, 0.3) is 11.1 Å². The van der Waals surface area contributed by atoms with Crippen molar-refractivity contribution < 1.29 is 32.6 Å². The highest BCUT2D eigenvalue weighted by molar-refractivity contribution is 8.18. The summed E-state index contributed by atoms with van der Waals surface area (Å²) in [5.41, 5.74) is 1.13. The van der Waals surface area contributed by atoms with Crippen LogP contribution in [0, 0.1) is 11.6 Å². The first-order valence-corrected chi connectivity index (χ1v) is 12.0. The average Bonchev–Trinajstić information content (AvgIpc) is 3.12. The minimum Gasteiger partial charge on any atom is -0.493 e. The van der Waals surface area contributed by atoms with E-state index in [4.69, 9.17) is 21.1 Å². The van der Waals surface area contributed by atoms with Gasteiger partial charge in [-0.05, 0) is 53.2 Å². The number of nitrogens with zero attached hydrogens (tertiary/aromatic N) is 1. The van der Waals surface area contributed by atoms with E-state index >= 15 is 0 Å². The summed E-state index contributed by atoms with van der Waals surface area (Å²) >= 11 is 7.06. The normalized spacial score (nSPS) is 14.3. The fourth-order valence-corrected chi connectivity index (χ4v) is 4.52. The molecule has 3 aromatic carbocycles. The van der Waals surface area contributed by atoms with Gasteiger partial charge in [-0.15, -0.1) is 0 Å². The molecular weight excluding hydrogens is 526 g/mol. The molecule has 0 aromatic heterocycles. The van der Waals surface area contributed by atoms with Crippen LogP contribution in [-0.2, 0) is 16.2 Å². The maximum atomic E-state index is 13.8. The van der Waals surface area contributed by atoms with Crippen LogP contribution in [0.5, 0.6) is 11.5 Å². The van der Waals surface area contributed by atoms with Crippen molar-refractivity contribution in [2.24, 2.45) is 0 Å². The second-order valence-electron chi connectivity index (χ2n) is 7.75. The van der Waals surface area contributed by atoms with Crippen LogP contribution in [0.15, 0.2) is 65.6 Å². The Morgan fingerprint density at radius 2 is 1.86 bits per heavy atom. The number of amides is 3. The highest BCUT2D eigenvalue weighted by atomic mass is 35.5. The maximum Gasteiger partial charge on any atom is 0.294 e. The van der Waals surface area contributed by atoms with E-state index in [1.54, 1.807) is 12.1 Å². The Labute approximate surface area is 220 Å². The third kappa shape index (κ3) is 6.28. The SMILES string of the molecule is COc1cc(/C=C2\SC(=O)N(CC(=O)Nc3ccc(F)cc3F)C2=O)cc(Cl)c1OCc1ccccc1. The number of carbonyl (C=O) groups excluding carboxylic acids is 3. The van der Waals surface area contributed by atoms with Crippen LogP contribution in [0.25, 0.3) is 6.08 Å². The highest BCUT2D eigenvalue weighted by Gasteiger charge is 2.36. The zero-order valence-electron chi connectivity index (χ0n) is 19.3. The summed E-state index contributed by atoms with van der Waals surface area (Å²) in [6, 6.07) is 15.3. The number of benzene rings is 3. The molecule has 1 fully saturated rings. The summed E-state index contributed by atoms with van der Waals surface area (Å²) in [6.07, 6.45) is 1.44. The molecule has 0 bridgehead atoms. The molecule has 0 aliphatic carbocycles. The van der Waals surface area contributed by atoms with Gasteiger partial charge in [0.2, 0.25) is 5.91 Å². The average molecular weight is 545 g/mol. The predicted octanol–water partition coefficient (Wildman–Crippen LogP) is 5.88. The van der Waals surface area contributed by atoms with Gasteiger partial charge in [0, 0.05) is 6.07 Å². The second-order valence-corrected chi connectivity index (χ2v) is 9.15. The minimum atomic E-state index is -0.982. The lowest BCUT2D eigenvalue weighted by Gasteiger charge is -2.14. The molecule has 11 heteroatoms. The summed E-state index contributed by atoms with van der Waals surface area (Å²) in [4.78, 5) is 38.3. The molecule has 7 nitrogen and oxygen atoms in total. The third-order valence-corrected chi connectivity index (χ3v) is 6.34. The number of methoxy groups -OCH3 is 1. The van der Waals surface area contributed by atoms with Gasteiger partial charge in [-0.25, -0.2) is 8.78 Å². The van der Waals surface area contributed by atoms with Crippen LogP contribution in [0.4, 0.5) is 19.3 Å². The number of halogens is 3. The van der Waals surface area contributed by atoms with Crippen LogP contribution >= 0.6 is 23.4 Å². The molecule has 1 heterocycles. The molecule has 190 valence electrons. The van der Waals surface area contributed by atoms with Gasteiger partial charge in [-0.2, -0.15) is 0 Å². The molecule has 4 rings (SSSR count). The number of ether oxygens (including phenoxy) is 2. The summed E-state index contributed by atoms with van der Waals surface area (Å²) in [7, 11) is 1.45. The quantitative estimate of drug-likeness (QED) is 0.356. The van der Waals surface area contributed by atoms with Gasteiger partial charge in [-0.1, -0.05) is 41.9 Å². The maximum absolute atomic E-state index is 13.8. The predicted molar refractivity (Wildman–Crippen MR) is 136 cm³/mol. The molecule has 3 amide bonds. The molecule has 37 heavy (non-hydrogen) atoms. The van der Waals surface area contributed by atoms with Crippen molar-refractivity contribution in [3.05, 3.63) is 93.4 Å². The molecule has 0 saturated carbocycles. The van der Waals surface area contributed by atoms with E-state index in [0.29, 0.717) is 34.9 Å². The molecule has 3 aromatic rings. The van der Waals surface area contributed by atoms with E-state index in [0.717, 1.165) is 22.6 Å². The summed E-state index contributed by atoms with van der Waals surface area (Å²) in [5.74, 6) is -2.66. The van der Waals surface area contributed by atoms with Crippen LogP contribution in [0.2, 0.25) is 5.02 Å². The second kappa shape index (κ2) is 11.4. The fourth-order valence-electron chi connectivity index (χ4n) is 3.40. The van der Waals surface area contributed by atoms with E-state index in [1.807, 2.05) is 30.3 Å². The number of hydrogen-bond acceptors (Lipinski definition) is 6. The molecule has 0 unspecified atom stereocenters. The lowest BCUT2D eigenvalue weighted by Crippen LogP contribution is -2.36. The van der Waals surface area contributed by atoms with Gasteiger partial charge in [-0.3, -0.25) is 19.3 Å². The third-order valence-electron chi connectivity index (χ3n) is 5.16. The van der Waals surface area contributed by atoms with Gasteiger partial charge in [0.05, 0.1) is 22.7 Å². The lowest BCUT2D eigenvalue weighted by atomic mass is 10.1. The first kappa shape index (κ1) is 26.2. The van der Waals surface area contributed by atoms with E-state index in [-0.39, 0.29) is 22.2 Å². The number of rotatable bonds is 8. The van der Waals surface area contributed by atoms with Crippen LogP contribution < -0.4 is 14.8 Å². The van der Waals surface area contributed by atoms with E-state index in [2.05, 4.69) is 5.32 Å². The molecule has 0 radical (unpaired) electrons. The van der Waals surface area contributed by atoms with Crippen molar-refractivity contribution in [2.75, 3.05) is 19.0 Å². The van der Waals surface area contributed by atoms with Gasteiger partial charge >= 0.3 is 0 Å². The van der Waals surface area contributed by atoms with E-state index in [1.165, 1.54) is 13.2 Å². The molecule has 0 atom stereocenters. The van der Waals surface area contributed by atoms with Crippen LogP contribution in [0.3, 0.4) is 0 Å². The van der Waals surface area contributed by atoms with Crippen molar-refractivity contribution in [3.8, 4) is 11.5 Å². The topological polar surface area (TPSA) is 84.9 Å². The van der Waals surface area contributed by atoms with E-state index < -0.39 is 35.2 Å². The number of anilines is 1. The number of imide groups is 1. The molecule has 1 saturated heterocycles. The van der Waals surface area contributed by atoms with Gasteiger partial charge in [0.1, 0.15) is 24.8 Å². The molecule has 1 N–H and O–H groups in total. The molecule has 1 aliphatic rings. The smallest absolute Gasteiger partial charge is 0.294 e. The van der Waals surface area contributed by atoms with Crippen molar-refractivity contribution in [1.82, 2.24) is 4.90 Å². The minimum absolute atomic E-state index is 0.0573. The number of thioether (sulfide) groups is 1. The number of carbonyl (C=O) groups is 3. The monoisotopic (exact) mass is 544 g/mol. The van der Waals surface area contributed by atoms with Gasteiger partial charge in [0.15, 0.2) is 11.5 Å². The van der Waals surface area contributed by atoms with E-state index in [9.17, 15) is 23.2 Å². The van der Waals surface area contributed by atoms with Crippen molar-refractivity contribution in [3.63, 3.8) is 0 Å². The number of nitrogens with one attached hydrogen (secondary N) is 1. The van der Waals surface area contributed by atoms with Gasteiger partial charge < -0.3 is 14.8 Å². The summed E-state index contributed by atoms with van der Waals surface area (Å²) in [6.45, 7) is -0.381. The van der Waals surface area contributed by atoms with Crippen LogP contribution in [-0.4, -0.2) is 35.6 Å². The first-order valence-electron chi connectivity index (χ1n) is 10.8. The zero-order chi connectivity index (χ0) is 26.5. The van der Waals surface area contributed by atoms with Crippen molar-refractivity contribution in [1.29, 1.82) is 0 Å². The molecule has 0 spiro atoms. The molecular formula is C26H19ClF2N2O5S. The first-order chi connectivity index (χ1) is 17.7. The van der Waals surface area contributed by atoms with Crippen molar-refractivity contribution in [2.45, 2.75) is 6.61 Å². The highest BCUT2D eigenvalue weighted by Crippen LogP contribution is 2.39. The van der Waals surface area contributed by atoms with Crippen molar-refractivity contribution >= 4 is 52.2 Å². The number of hydrogen-bond donors (Lipinski definition) is 1. The Bertz CT molecular complexity index is 1400. The standard InChI is InChI=1S/C26H19ClF2N2O5S/c1-35-21-10-16(9-18(27)24(21)36-14-15-5-3-2-4-6-15)11-22-25(33)31(26(34)37-22)13-23(32)30-20-8-7-17(28)12-19(20)29/h2-12H,13-14H2,1H3,(H,30,32)/b22-11-. The Kier molecular flexibility index (Phi) is 8.10. The largest absolute Gasteiger partial charge is 0.493 e. The van der Waals surface area contributed by atoms with Crippen LogP contribution in [0.1, 0.15) is 11.1 Å². The Morgan fingerprint density at radius 1 is 1.11 bits per heavy atom. The fraction of sp³-hybridized carbons (Fsp3) is 0.115. The Morgan fingerprint density at radius 3 is 2.57 bits per heavy atom. The summed E-state index contributed by atoms with van der Waals surface area (Å²) < 4.78 is 38.1. The molecule has 1 aliphatic heterocycles. The lowest BCUT2D eigenvalue weighted by molar-refractivity contribution is -0.127. The summed E-state index contributed by atoms with van der Waals surface area (Å²) in [5, 5.41) is 1.78.